The molecule has 1 aliphatic rings. The zero-order valence-corrected chi connectivity index (χ0v) is 21.8. The first-order valence-corrected chi connectivity index (χ1v) is 12.3. The largest absolute Gasteiger partial charge is 0.416 e. The summed E-state index contributed by atoms with van der Waals surface area (Å²) in [6.07, 6.45) is -8.46. The maximum absolute atomic E-state index is 13.7. The molecule has 0 N–H and O–H groups in total. The molecule has 1 aliphatic heterocycles. The van der Waals surface area contributed by atoms with Crippen molar-refractivity contribution >= 4 is 23.3 Å². The van der Waals surface area contributed by atoms with E-state index in [0.29, 0.717) is 47.2 Å². The van der Waals surface area contributed by atoms with Crippen molar-refractivity contribution in [3.8, 4) is 11.1 Å². The summed E-state index contributed by atoms with van der Waals surface area (Å²) in [4.78, 5) is 23.5. The van der Waals surface area contributed by atoms with Gasteiger partial charge in [0.1, 0.15) is 5.82 Å². The van der Waals surface area contributed by atoms with Gasteiger partial charge < -0.3 is 14.7 Å². The highest BCUT2D eigenvalue weighted by Gasteiger charge is 2.37. The summed E-state index contributed by atoms with van der Waals surface area (Å²) in [6.45, 7) is 2.42. The number of amides is 1. The minimum Gasteiger partial charge on any atom is -0.354 e. The number of likely N-dealkylation sites (N-methyl/N-ethyl adjacent to an activating group) is 1. The zero-order valence-electron chi connectivity index (χ0n) is 21.1. The van der Waals surface area contributed by atoms with Gasteiger partial charge in [-0.25, -0.2) is 4.98 Å². The van der Waals surface area contributed by atoms with Crippen LogP contribution in [0.4, 0.5) is 32.2 Å². The Morgan fingerprint density at radius 3 is 2.08 bits per heavy atom. The van der Waals surface area contributed by atoms with Crippen LogP contribution in [0.15, 0.2) is 54.7 Å². The number of rotatable bonds is 5. The van der Waals surface area contributed by atoms with E-state index in [1.54, 1.807) is 30.3 Å². The Kier molecular flexibility index (Phi) is 8.13. The molecule has 39 heavy (non-hydrogen) atoms. The molecule has 1 fully saturated rings. The molecule has 4 rings (SSSR count). The molecule has 0 aliphatic carbocycles. The number of hydrogen-bond donors (Lipinski definition) is 0. The second-order valence-corrected chi connectivity index (χ2v) is 9.84. The van der Waals surface area contributed by atoms with Gasteiger partial charge in [-0.05, 0) is 42.9 Å². The molecule has 0 unspecified atom stereocenters. The van der Waals surface area contributed by atoms with Crippen LogP contribution in [0.5, 0.6) is 0 Å². The lowest BCUT2D eigenvalue weighted by Gasteiger charge is -2.33. The minimum atomic E-state index is -4.99. The lowest BCUT2D eigenvalue weighted by atomic mass is 10.00. The molecule has 208 valence electrons. The number of halogens is 7. The third-order valence-electron chi connectivity index (χ3n) is 6.53. The number of hydrogen-bond acceptors (Lipinski definition) is 4. The fraction of sp³-hybridized carbons (Fsp3) is 0.333. The maximum atomic E-state index is 13.7. The van der Waals surface area contributed by atoms with Crippen molar-refractivity contribution in [1.82, 2.24) is 14.8 Å². The molecule has 0 atom stereocenters. The van der Waals surface area contributed by atoms with Crippen molar-refractivity contribution in [1.29, 1.82) is 0 Å². The molecule has 1 amide bonds. The molecule has 0 radical (unpaired) electrons. The van der Waals surface area contributed by atoms with E-state index in [-0.39, 0.29) is 17.2 Å². The van der Waals surface area contributed by atoms with Crippen molar-refractivity contribution in [3.63, 3.8) is 0 Å². The molecule has 3 aromatic rings. The van der Waals surface area contributed by atoms with Crippen LogP contribution in [0.25, 0.3) is 11.1 Å². The lowest BCUT2D eigenvalue weighted by molar-refractivity contribution is -0.143. The number of benzene rings is 2. The van der Waals surface area contributed by atoms with Gasteiger partial charge in [0.15, 0.2) is 0 Å². The topological polar surface area (TPSA) is 39.7 Å². The smallest absolute Gasteiger partial charge is 0.354 e. The number of anilines is 1. The number of carbonyl (C=O) groups is 1. The minimum absolute atomic E-state index is 0.0615. The van der Waals surface area contributed by atoms with E-state index < -0.39 is 35.9 Å². The molecule has 2 heterocycles. The summed E-state index contributed by atoms with van der Waals surface area (Å²) >= 11 is 6.39. The second kappa shape index (κ2) is 11.1. The SMILES string of the molecule is CN1CCN(c2cc(C(=O)N(C)Cc3cc(C(F)(F)F)cc(C(F)(F)F)c3)c(-c3ccccc3Cl)cn2)CC1. The second-order valence-electron chi connectivity index (χ2n) is 9.43. The van der Waals surface area contributed by atoms with E-state index in [1.165, 1.54) is 13.2 Å². The number of alkyl halides is 6. The molecule has 1 aromatic heterocycles. The van der Waals surface area contributed by atoms with Crippen molar-refractivity contribution in [2.24, 2.45) is 0 Å². The molecular formula is C27H25ClF6N4O. The van der Waals surface area contributed by atoms with E-state index in [1.807, 2.05) is 11.9 Å². The van der Waals surface area contributed by atoms with E-state index >= 15 is 0 Å². The molecular weight excluding hydrogens is 546 g/mol. The monoisotopic (exact) mass is 570 g/mol. The summed E-state index contributed by atoms with van der Waals surface area (Å²) in [5.41, 5.74) is -2.09. The summed E-state index contributed by atoms with van der Waals surface area (Å²) in [6, 6.07) is 9.69. The Balaban J connectivity index is 1.72. The van der Waals surface area contributed by atoms with E-state index in [2.05, 4.69) is 9.88 Å². The number of piperazine rings is 1. The van der Waals surface area contributed by atoms with Gasteiger partial charge in [-0.2, -0.15) is 26.3 Å². The highest BCUT2D eigenvalue weighted by molar-refractivity contribution is 6.33. The van der Waals surface area contributed by atoms with E-state index in [9.17, 15) is 31.1 Å². The predicted octanol–water partition coefficient (Wildman–Crippen LogP) is 6.46. The standard InChI is InChI=1S/C27H25ClF6N4O/c1-36-7-9-38(10-8-36)24-14-21(22(15-35-24)20-5-3-4-6-23(20)28)25(39)37(2)16-17-11-18(26(29,30)31)13-19(12-17)27(32,33)34/h3-6,11-15H,7-10,16H2,1-2H3. The number of pyridine rings is 1. The van der Waals surface area contributed by atoms with Gasteiger partial charge in [0.2, 0.25) is 0 Å². The summed E-state index contributed by atoms with van der Waals surface area (Å²) in [5, 5.41) is 0.357. The molecule has 2 aromatic carbocycles. The molecule has 12 heteroatoms. The van der Waals surface area contributed by atoms with Gasteiger partial charge in [-0.1, -0.05) is 29.8 Å². The van der Waals surface area contributed by atoms with Gasteiger partial charge in [0.05, 0.1) is 16.7 Å². The van der Waals surface area contributed by atoms with Crippen molar-refractivity contribution in [2.45, 2.75) is 18.9 Å². The first kappa shape index (κ1) is 28.7. The summed E-state index contributed by atoms with van der Waals surface area (Å²) in [7, 11) is 3.31. The Hall–Kier alpha value is -3.31. The number of aromatic nitrogens is 1. The molecule has 0 saturated carbocycles. The van der Waals surface area contributed by atoms with Crippen molar-refractivity contribution in [2.75, 3.05) is 45.2 Å². The highest BCUT2D eigenvalue weighted by atomic mass is 35.5. The third kappa shape index (κ3) is 6.65. The molecule has 0 bridgehead atoms. The fourth-order valence-electron chi connectivity index (χ4n) is 4.39. The average molecular weight is 571 g/mol. The van der Waals surface area contributed by atoms with E-state index in [0.717, 1.165) is 18.0 Å². The first-order valence-electron chi connectivity index (χ1n) is 12.0. The van der Waals surface area contributed by atoms with Crippen molar-refractivity contribution in [3.05, 3.63) is 82.0 Å². The normalized spacial score (nSPS) is 14.9. The van der Waals surface area contributed by atoms with Crippen LogP contribution in [0, 0.1) is 0 Å². The van der Waals surface area contributed by atoms with Crippen LogP contribution in [-0.2, 0) is 18.9 Å². The quantitative estimate of drug-likeness (QED) is 0.330. The van der Waals surface area contributed by atoms with Crippen LogP contribution in [0.1, 0.15) is 27.0 Å². The summed E-state index contributed by atoms with van der Waals surface area (Å²) < 4.78 is 80.1. The zero-order chi connectivity index (χ0) is 28.5. The third-order valence-corrected chi connectivity index (χ3v) is 6.85. The van der Waals surface area contributed by atoms with Crippen LogP contribution in [0.3, 0.4) is 0 Å². The predicted molar refractivity (Wildman–Crippen MR) is 137 cm³/mol. The van der Waals surface area contributed by atoms with Gasteiger partial charge in [-0.3, -0.25) is 4.79 Å². The molecule has 1 saturated heterocycles. The van der Waals surface area contributed by atoms with Gasteiger partial charge in [0.25, 0.3) is 5.91 Å². The van der Waals surface area contributed by atoms with Crippen molar-refractivity contribution < 1.29 is 31.1 Å². The highest BCUT2D eigenvalue weighted by Crippen LogP contribution is 2.37. The Bertz CT molecular complexity index is 1320. The van der Waals surface area contributed by atoms with Crippen LogP contribution in [-0.4, -0.2) is 61.0 Å². The maximum Gasteiger partial charge on any atom is 0.416 e. The van der Waals surface area contributed by atoms with Gasteiger partial charge in [0, 0.05) is 62.1 Å². The van der Waals surface area contributed by atoms with Gasteiger partial charge >= 0.3 is 12.4 Å². The lowest BCUT2D eigenvalue weighted by Crippen LogP contribution is -2.44. The fourth-order valence-corrected chi connectivity index (χ4v) is 4.62. The van der Waals surface area contributed by atoms with Crippen LogP contribution < -0.4 is 4.90 Å². The van der Waals surface area contributed by atoms with Crippen LogP contribution in [0.2, 0.25) is 5.02 Å². The number of nitrogens with zero attached hydrogens (tertiary/aromatic N) is 4. The molecule has 5 nitrogen and oxygen atoms in total. The Labute approximate surface area is 226 Å². The van der Waals surface area contributed by atoms with Crippen LogP contribution >= 0.6 is 11.6 Å². The van der Waals surface area contributed by atoms with Gasteiger partial charge in [-0.15, -0.1) is 0 Å². The van der Waals surface area contributed by atoms with E-state index in [4.69, 9.17) is 11.6 Å². The molecule has 0 spiro atoms. The first-order chi connectivity index (χ1) is 18.2. The average Bonchev–Trinajstić information content (AvgIpc) is 2.87. The Morgan fingerprint density at radius 2 is 1.51 bits per heavy atom. The number of carbonyl (C=O) groups excluding carboxylic acids is 1. The summed E-state index contributed by atoms with van der Waals surface area (Å²) in [5.74, 6) is -0.0669. The Morgan fingerprint density at radius 1 is 0.923 bits per heavy atom.